The summed E-state index contributed by atoms with van der Waals surface area (Å²) in [5, 5.41) is 10.6. The molecule has 108 valence electrons. The quantitative estimate of drug-likeness (QED) is 0.894. The minimum Gasteiger partial charge on any atom is -0.316 e. The predicted molar refractivity (Wildman–Crippen MR) is 82.8 cm³/mol. The van der Waals surface area contributed by atoms with Crippen LogP contribution in [0.5, 0.6) is 0 Å². The Balaban J connectivity index is 2.37. The first-order valence-electron chi connectivity index (χ1n) is 7.30. The first-order valence-corrected chi connectivity index (χ1v) is 8.18. The highest BCUT2D eigenvalue weighted by Gasteiger charge is 2.42. The number of nitrogens with zero attached hydrogens (tertiary/aromatic N) is 1. The van der Waals surface area contributed by atoms with Gasteiger partial charge in [-0.1, -0.05) is 27.7 Å². The van der Waals surface area contributed by atoms with Gasteiger partial charge in [0.1, 0.15) is 5.01 Å². The number of hydrogen-bond acceptors (Lipinski definition) is 4. The normalized spacial score (nSPS) is 28.6. The van der Waals surface area contributed by atoms with Crippen LogP contribution < -0.4 is 10.6 Å². The van der Waals surface area contributed by atoms with Crippen molar-refractivity contribution in [2.75, 3.05) is 20.1 Å². The van der Waals surface area contributed by atoms with Crippen molar-refractivity contribution in [3.05, 3.63) is 16.1 Å². The SMILES string of the molecule is CCC1CNCCC1(NC)c1nc(C(C)(C)C)cs1. The molecular weight excluding hydrogens is 254 g/mol. The van der Waals surface area contributed by atoms with Crippen molar-refractivity contribution in [2.45, 2.75) is 51.5 Å². The van der Waals surface area contributed by atoms with Crippen molar-refractivity contribution in [2.24, 2.45) is 5.92 Å². The summed E-state index contributed by atoms with van der Waals surface area (Å²) < 4.78 is 0. The summed E-state index contributed by atoms with van der Waals surface area (Å²) >= 11 is 1.82. The summed E-state index contributed by atoms with van der Waals surface area (Å²) in [4.78, 5) is 4.97. The Morgan fingerprint density at radius 1 is 1.53 bits per heavy atom. The lowest BCUT2D eigenvalue weighted by atomic mass is 9.77. The molecule has 1 saturated heterocycles. The van der Waals surface area contributed by atoms with Gasteiger partial charge in [0.05, 0.1) is 11.2 Å². The van der Waals surface area contributed by atoms with Crippen molar-refractivity contribution in [3.63, 3.8) is 0 Å². The molecule has 0 saturated carbocycles. The fourth-order valence-electron chi connectivity index (χ4n) is 2.97. The van der Waals surface area contributed by atoms with Crippen molar-refractivity contribution in [1.82, 2.24) is 15.6 Å². The lowest BCUT2D eigenvalue weighted by molar-refractivity contribution is 0.159. The molecule has 2 atom stereocenters. The smallest absolute Gasteiger partial charge is 0.113 e. The lowest BCUT2D eigenvalue weighted by Crippen LogP contribution is -2.55. The summed E-state index contributed by atoms with van der Waals surface area (Å²) in [7, 11) is 2.09. The highest BCUT2D eigenvalue weighted by molar-refractivity contribution is 7.09. The predicted octanol–water partition coefficient (Wildman–Crippen LogP) is 2.87. The zero-order valence-electron chi connectivity index (χ0n) is 12.8. The molecule has 0 amide bonds. The van der Waals surface area contributed by atoms with Crippen LogP contribution in [-0.2, 0) is 11.0 Å². The van der Waals surface area contributed by atoms with E-state index < -0.39 is 0 Å². The zero-order chi connectivity index (χ0) is 14.1. The second-order valence-electron chi connectivity index (χ2n) is 6.57. The third kappa shape index (κ3) is 2.71. The van der Waals surface area contributed by atoms with E-state index in [1.807, 2.05) is 11.3 Å². The van der Waals surface area contributed by atoms with Gasteiger partial charge in [-0.2, -0.15) is 0 Å². The molecule has 3 nitrogen and oxygen atoms in total. The summed E-state index contributed by atoms with van der Waals surface area (Å²) in [5.74, 6) is 0.616. The maximum atomic E-state index is 4.97. The maximum Gasteiger partial charge on any atom is 0.113 e. The maximum absolute atomic E-state index is 4.97. The first kappa shape index (κ1) is 14.9. The summed E-state index contributed by atoms with van der Waals surface area (Å²) in [6, 6.07) is 0. The van der Waals surface area contributed by atoms with Crippen molar-refractivity contribution in [3.8, 4) is 0 Å². The van der Waals surface area contributed by atoms with E-state index in [9.17, 15) is 0 Å². The molecule has 2 unspecified atom stereocenters. The number of aromatic nitrogens is 1. The lowest BCUT2D eigenvalue weighted by Gasteiger charge is -2.43. The summed E-state index contributed by atoms with van der Waals surface area (Å²) in [6.07, 6.45) is 2.30. The van der Waals surface area contributed by atoms with Crippen molar-refractivity contribution < 1.29 is 0 Å². The molecule has 0 bridgehead atoms. The van der Waals surface area contributed by atoms with Gasteiger partial charge in [-0.05, 0) is 32.4 Å². The Bertz CT molecular complexity index is 421. The highest BCUT2D eigenvalue weighted by atomic mass is 32.1. The van der Waals surface area contributed by atoms with Gasteiger partial charge in [0, 0.05) is 17.3 Å². The van der Waals surface area contributed by atoms with Crippen molar-refractivity contribution in [1.29, 1.82) is 0 Å². The molecule has 0 aromatic carbocycles. The molecule has 4 heteroatoms. The van der Waals surface area contributed by atoms with E-state index in [-0.39, 0.29) is 11.0 Å². The van der Waals surface area contributed by atoms with E-state index >= 15 is 0 Å². The van der Waals surface area contributed by atoms with Crippen LogP contribution >= 0.6 is 11.3 Å². The summed E-state index contributed by atoms with van der Waals surface area (Å²) in [5.41, 5.74) is 1.42. The Morgan fingerprint density at radius 3 is 2.79 bits per heavy atom. The molecule has 19 heavy (non-hydrogen) atoms. The second kappa shape index (κ2) is 5.51. The van der Waals surface area contributed by atoms with Gasteiger partial charge in [0.25, 0.3) is 0 Å². The van der Waals surface area contributed by atoms with Gasteiger partial charge in [-0.15, -0.1) is 11.3 Å². The zero-order valence-corrected chi connectivity index (χ0v) is 13.7. The molecule has 1 aromatic rings. The number of rotatable bonds is 3. The number of nitrogens with one attached hydrogen (secondary N) is 2. The van der Waals surface area contributed by atoms with Crippen LogP contribution in [0.2, 0.25) is 0 Å². The molecule has 2 N–H and O–H groups in total. The molecule has 1 aromatic heterocycles. The van der Waals surface area contributed by atoms with Crippen LogP contribution in [-0.4, -0.2) is 25.1 Å². The van der Waals surface area contributed by atoms with Crippen LogP contribution in [0.15, 0.2) is 5.38 Å². The fourth-order valence-corrected chi connectivity index (χ4v) is 4.34. The number of piperidine rings is 1. The van der Waals surface area contributed by atoms with E-state index in [0.717, 1.165) is 19.5 Å². The van der Waals surface area contributed by atoms with Crippen LogP contribution in [0.1, 0.15) is 51.2 Å². The molecule has 0 spiro atoms. The topological polar surface area (TPSA) is 37.0 Å². The van der Waals surface area contributed by atoms with E-state index in [1.165, 1.54) is 17.1 Å². The standard InChI is InChI=1S/C15H27N3S/c1-6-11-9-17-8-7-15(11,16-5)13-18-12(10-19-13)14(2,3)4/h10-11,16-17H,6-9H2,1-5H3. The minimum absolute atomic E-state index is 0.0637. The number of hydrogen-bond donors (Lipinski definition) is 2. The second-order valence-corrected chi connectivity index (χ2v) is 7.43. The molecule has 0 radical (unpaired) electrons. The first-order chi connectivity index (χ1) is 8.94. The molecule has 1 aliphatic rings. The van der Waals surface area contributed by atoms with E-state index in [4.69, 9.17) is 4.98 Å². The van der Waals surface area contributed by atoms with Gasteiger partial charge in [0.2, 0.25) is 0 Å². The molecule has 1 fully saturated rings. The summed E-state index contributed by atoms with van der Waals surface area (Å²) in [6.45, 7) is 11.1. The number of thiazole rings is 1. The van der Waals surface area contributed by atoms with Crippen molar-refractivity contribution >= 4 is 11.3 Å². The largest absolute Gasteiger partial charge is 0.316 e. The highest BCUT2D eigenvalue weighted by Crippen LogP contribution is 2.39. The minimum atomic E-state index is 0.0637. The Labute approximate surface area is 121 Å². The Morgan fingerprint density at radius 2 is 2.26 bits per heavy atom. The monoisotopic (exact) mass is 281 g/mol. The van der Waals surface area contributed by atoms with Crippen LogP contribution in [0.25, 0.3) is 0 Å². The third-order valence-corrected chi connectivity index (χ3v) is 5.40. The Hall–Kier alpha value is -0.450. The van der Waals surface area contributed by atoms with E-state index in [2.05, 4.69) is 50.8 Å². The van der Waals surface area contributed by atoms with Crippen LogP contribution in [0, 0.1) is 5.92 Å². The van der Waals surface area contributed by atoms with Gasteiger partial charge < -0.3 is 10.6 Å². The molecule has 0 aliphatic carbocycles. The van der Waals surface area contributed by atoms with Crippen LogP contribution in [0.3, 0.4) is 0 Å². The van der Waals surface area contributed by atoms with Gasteiger partial charge in [-0.25, -0.2) is 4.98 Å². The van der Waals surface area contributed by atoms with E-state index in [1.54, 1.807) is 0 Å². The molecule has 2 heterocycles. The van der Waals surface area contributed by atoms with E-state index in [0.29, 0.717) is 5.92 Å². The van der Waals surface area contributed by atoms with Gasteiger partial charge in [-0.3, -0.25) is 0 Å². The third-order valence-electron chi connectivity index (χ3n) is 4.38. The Kier molecular flexibility index (Phi) is 4.33. The average molecular weight is 281 g/mol. The molecule has 2 rings (SSSR count). The average Bonchev–Trinajstić information content (AvgIpc) is 2.88. The van der Waals surface area contributed by atoms with Crippen LogP contribution in [0.4, 0.5) is 0 Å². The fraction of sp³-hybridized carbons (Fsp3) is 0.800. The molecule has 1 aliphatic heterocycles. The van der Waals surface area contributed by atoms with Gasteiger partial charge >= 0.3 is 0 Å². The molecular formula is C15H27N3S. The van der Waals surface area contributed by atoms with Gasteiger partial charge in [0.15, 0.2) is 0 Å².